The van der Waals surface area contributed by atoms with Crippen LogP contribution in [0.5, 0.6) is 0 Å². The van der Waals surface area contributed by atoms with Crippen LogP contribution in [0.4, 0.5) is 5.69 Å². The summed E-state index contributed by atoms with van der Waals surface area (Å²) in [6.07, 6.45) is 2.77. The van der Waals surface area contributed by atoms with Crippen LogP contribution < -0.4 is 10.6 Å². The van der Waals surface area contributed by atoms with Crippen molar-refractivity contribution < 1.29 is 19.2 Å². The van der Waals surface area contributed by atoms with Gasteiger partial charge in [-0.1, -0.05) is 0 Å². The van der Waals surface area contributed by atoms with Crippen LogP contribution in [0.3, 0.4) is 0 Å². The molecule has 0 radical (unpaired) electrons. The van der Waals surface area contributed by atoms with E-state index in [-0.39, 0.29) is 36.1 Å². The molecule has 0 aromatic heterocycles. The number of amides is 4. The molecule has 1 aromatic rings. The zero-order chi connectivity index (χ0) is 19.0. The number of hydrogen-bond donors (Lipinski definition) is 2. The smallest absolute Gasteiger partial charge is 0.253 e. The van der Waals surface area contributed by atoms with E-state index in [1.807, 2.05) is 4.90 Å². The predicted octanol–water partition coefficient (Wildman–Crippen LogP) is 0.453. The van der Waals surface area contributed by atoms with Gasteiger partial charge < -0.3 is 20.4 Å². The van der Waals surface area contributed by atoms with Gasteiger partial charge in [0.25, 0.3) is 11.8 Å². The molecule has 4 rings (SSSR count). The van der Waals surface area contributed by atoms with E-state index in [1.54, 1.807) is 17.0 Å². The van der Waals surface area contributed by atoms with E-state index in [9.17, 15) is 19.2 Å². The minimum Gasteiger partial charge on any atom is -0.343 e. The largest absolute Gasteiger partial charge is 0.343 e. The Bertz CT molecular complexity index is 816. The van der Waals surface area contributed by atoms with E-state index in [1.165, 1.54) is 6.07 Å². The lowest BCUT2D eigenvalue weighted by molar-refractivity contribution is -0.133. The number of nitrogens with one attached hydrogen (secondary N) is 2. The fraction of sp³-hybridized carbons (Fsp3) is 0.474. The molecular weight excluding hydrogens is 348 g/mol. The summed E-state index contributed by atoms with van der Waals surface area (Å²) in [6.45, 7) is 2.49. The Hall–Kier alpha value is -2.90. The molecule has 4 amide bonds. The first-order valence-corrected chi connectivity index (χ1v) is 9.33. The third-order valence-electron chi connectivity index (χ3n) is 5.44. The maximum Gasteiger partial charge on any atom is 0.253 e. The Balaban J connectivity index is 1.48. The van der Waals surface area contributed by atoms with Gasteiger partial charge in [-0.3, -0.25) is 19.2 Å². The van der Waals surface area contributed by atoms with Gasteiger partial charge in [-0.2, -0.15) is 0 Å². The molecular formula is C19H22N4O4. The summed E-state index contributed by atoms with van der Waals surface area (Å²) in [6, 6.07) is 4.68. The van der Waals surface area contributed by atoms with Crippen molar-refractivity contribution >= 4 is 29.3 Å². The highest BCUT2D eigenvalue weighted by Gasteiger charge is 2.35. The van der Waals surface area contributed by atoms with Crippen LogP contribution in [0.15, 0.2) is 18.2 Å². The standard InChI is InChI=1S/C19H22N4O4/c24-16-10-20-17(25)14-4-3-12(9-15(14)21-16)18(26)23-8-5-13(11-23)19(27)22-6-1-2-7-22/h3-4,9,13H,1-2,5-8,10-11H2,(H,20,25)(H,21,24). The third kappa shape index (κ3) is 3.39. The number of rotatable bonds is 2. The number of benzene rings is 1. The van der Waals surface area contributed by atoms with Gasteiger partial charge in [0.1, 0.15) is 0 Å². The first-order valence-electron chi connectivity index (χ1n) is 9.33. The van der Waals surface area contributed by atoms with Gasteiger partial charge in [-0.05, 0) is 37.5 Å². The molecule has 142 valence electrons. The van der Waals surface area contributed by atoms with Crippen molar-refractivity contribution in [1.29, 1.82) is 0 Å². The molecule has 0 aliphatic carbocycles. The number of carbonyl (C=O) groups is 4. The van der Waals surface area contributed by atoms with Crippen LogP contribution in [-0.4, -0.2) is 66.2 Å². The van der Waals surface area contributed by atoms with Crippen LogP contribution in [0, 0.1) is 5.92 Å². The number of nitrogens with zero attached hydrogens (tertiary/aromatic N) is 2. The quantitative estimate of drug-likeness (QED) is 0.790. The van der Waals surface area contributed by atoms with E-state index < -0.39 is 0 Å². The van der Waals surface area contributed by atoms with Crippen molar-refractivity contribution in [2.75, 3.05) is 38.0 Å². The van der Waals surface area contributed by atoms with Crippen LogP contribution >= 0.6 is 0 Å². The normalized spacial score (nSPS) is 22.1. The molecule has 8 nitrogen and oxygen atoms in total. The van der Waals surface area contributed by atoms with Crippen molar-refractivity contribution in [3.05, 3.63) is 29.3 Å². The van der Waals surface area contributed by atoms with Crippen molar-refractivity contribution in [2.45, 2.75) is 19.3 Å². The topological polar surface area (TPSA) is 98.8 Å². The molecule has 2 fully saturated rings. The van der Waals surface area contributed by atoms with E-state index in [0.29, 0.717) is 36.3 Å². The fourth-order valence-corrected chi connectivity index (χ4v) is 3.95. The molecule has 2 N–H and O–H groups in total. The van der Waals surface area contributed by atoms with Gasteiger partial charge in [-0.15, -0.1) is 0 Å². The van der Waals surface area contributed by atoms with E-state index in [4.69, 9.17) is 0 Å². The minimum atomic E-state index is -0.347. The Morgan fingerprint density at radius 1 is 1.04 bits per heavy atom. The molecule has 0 bridgehead atoms. The fourth-order valence-electron chi connectivity index (χ4n) is 3.95. The van der Waals surface area contributed by atoms with Crippen LogP contribution in [-0.2, 0) is 9.59 Å². The molecule has 3 aliphatic rings. The van der Waals surface area contributed by atoms with Gasteiger partial charge >= 0.3 is 0 Å². The molecule has 0 saturated carbocycles. The molecule has 1 aromatic carbocycles. The highest BCUT2D eigenvalue weighted by Crippen LogP contribution is 2.25. The number of likely N-dealkylation sites (tertiary alicyclic amines) is 2. The highest BCUT2D eigenvalue weighted by molar-refractivity contribution is 6.10. The molecule has 1 unspecified atom stereocenters. The Morgan fingerprint density at radius 3 is 2.59 bits per heavy atom. The molecule has 3 aliphatic heterocycles. The van der Waals surface area contributed by atoms with Crippen molar-refractivity contribution in [1.82, 2.24) is 15.1 Å². The lowest BCUT2D eigenvalue weighted by Crippen LogP contribution is -2.36. The summed E-state index contributed by atoms with van der Waals surface area (Å²) in [5.41, 5.74) is 1.07. The second-order valence-corrected chi connectivity index (χ2v) is 7.26. The molecule has 27 heavy (non-hydrogen) atoms. The molecule has 8 heteroatoms. The van der Waals surface area contributed by atoms with Crippen molar-refractivity contribution in [3.63, 3.8) is 0 Å². The van der Waals surface area contributed by atoms with E-state index in [0.717, 1.165) is 25.9 Å². The van der Waals surface area contributed by atoms with Gasteiger partial charge in [0.2, 0.25) is 11.8 Å². The lowest BCUT2D eigenvalue weighted by atomic mass is 10.1. The molecule has 2 saturated heterocycles. The van der Waals surface area contributed by atoms with Gasteiger partial charge in [-0.25, -0.2) is 0 Å². The van der Waals surface area contributed by atoms with Crippen molar-refractivity contribution in [2.24, 2.45) is 5.92 Å². The first kappa shape index (κ1) is 17.5. The Labute approximate surface area is 156 Å². The minimum absolute atomic E-state index is 0.0940. The molecule has 0 spiro atoms. The van der Waals surface area contributed by atoms with Gasteiger partial charge in [0, 0.05) is 31.7 Å². The summed E-state index contributed by atoms with van der Waals surface area (Å²) < 4.78 is 0. The first-order chi connectivity index (χ1) is 13.0. The zero-order valence-corrected chi connectivity index (χ0v) is 15.0. The number of hydrogen-bond acceptors (Lipinski definition) is 4. The molecule has 1 atom stereocenters. The highest BCUT2D eigenvalue weighted by atomic mass is 16.2. The second-order valence-electron chi connectivity index (χ2n) is 7.26. The Morgan fingerprint density at radius 2 is 1.81 bits per heavy atom. The van der Waals surface area contributed by atoms with E-state index >= 15 is 0 Å². The van der Waals surface area contributed by atoms with Crippen LogP contribution in [0.2, 0.25) is 0 Å². The van der Waals surface area contributed by atoms with Gasteiger partial charge in [0.15, 0.2) is 0 Å². The monoisotopic (exact) mass is 370 g/mol. The van der Waals surface area contributed by atoms with Gasteiger partial charge in [0.05, 0.1) is 23.7 Å². The number of fused-ring (bicyclic) bond motifs is 1. The maximum absolute atomic E-state index is 12.9. The van der Waals surface area contributed by atoms with Crippen LogP contribution in [0.25, 0.3) is 0 Å². The second kappa shape index (κ2) is 7.02. The summed E-state index contributed by atoms with van der Waals surface area (Å²) in [5.74, 6) is -0.857. The average Bonchev–Trinajstić information content (AvgIpc) is 3.34. The summed E-state index contributed by atoms with van der Waals surface area (Å²) in [4.78, 5) is 52.7. The summed E-state index contributed by atoms with van der Waals surface area (Å²) in [5, 5.41) is 5.16. The van der Waals surface area contributed by atoms with Crippen LogP contribution in [0.1, 0.15) is 40.0 Å². The number of anilines is 1. The lowest BCUT2D eigenvalue weighted by Gasteiger charge is -2.21. The zero-order valence-electron chi connectivity index (χ0n) is 15.0. The van der Waals surface area contributed by atoms with E-state index in [2.05, 4.69) is 10.6 Å². The molecule has 3 heterocycles. The SMILES string of the molecule is O=C1CNC(=O)c2ccc(C(=O)N3CCC(C(=O)N4CCCC4)C3)cc2N1. The predicted molar refractivity (Wildman–Crippen MR) is 97.2 cm³/mol. The Kier molecular flexibility index (Phi) is 4.55. The maximum atomic E-state index is 12.9. The summed E-state index contributed by atoms with van der Waals surface area (Å²) in [7, 11) is 0. The number of carbonyl (C=O) groups excluding carboxylic acids is 4. The average molecular weight is 370 g/mol. The summed E-state index contributed by atoms with van der Waals surface area (Å²) >= 11 is 0. The van der Waals surface area contributed by atoms with Crippen molar-refractivity contribution in [3.8, 4) is 0 Å². The third-order valence-corrected chi connectivity index (χ3v) is 5.44.